The lowest BCUT2D eigenvalue weighted by atomic mass is 10.2. The van der Waals surface area contributed by atoms with Crippen molar-refractivity contribution < 1.29 is 10.0 Å². The fourth-order valence-corrected chi connectivity index (χ4v) is 1.51. The number of nitrogens with two attached hydrogens (primary N) is 1. The number of amidine groups is 1. The van der Waals surface area contributed by atoms with Crippen molar-refractivity contribution in [3.63, 3.8) is 0 Å². The van der Waals surface area contributed by atoms with E-state index < -0.39 is 0 Å². The molecule has 6 nitrogen and oxygen atoms in total. The van der Waals surface area contributed by atoms with Gasteiger partial charge >= 0.3 is 6.03 Å². The third-order valence-electron chi connectivity index (χ3n) is 2.54. The molecule has 0 bridgehead atoms. The van der Waals surface area contributed by atoms with Crippen LogP contribution in [-0.2, 0) is 0 Å². The van der Waals surface area contributed by atoms with Gasteiger partial charge < -0.3 is 21.2 Å². The van der Waals surface area contributed by atoms with E-state index in [-0.39, 0.29) is 11.9 Å². The molecular weight excluding hydrogens is 220 g/mol. The number of carbonyl (C=O) groups excluding carboxylic acids is 1. The highest BCUT2D eigenvalue weighted by Gasteiger charge is 2.26. The summed E-state index contributed by atoms with van der Waals surface area (Å²) in [4.78, 5) is 13.6. The van der Waals surface area contributed by atoms with Gasteiger partial charge in [-0.2, -0.15) is 0 Å². The van der Waals surface area contributed by atoms with E-state index in [2.05, 4.69) is 24.3 Å². The molecule has 0 atom stereocenters. The molecule has 1 saturated carbocycles. The van der Waals surface area contributed by atoms with Crippen LogP contribution in [0, 0.1) is 5.92 Å². The Morgan fingerprint density at radius 1 is 1.59 bits per heavy atom. The average molecular weight is 242 g/mol. The molecule has 0 saturated heterocycles. The van der Waals surface area contributed by atoms with Crippen molar-refractivity contribution in [2.24, 2.45) is 16.8 Å². The third-order valence-corrected chi connectivity index (χ3v) is 2.54. The highest BCUT2D eigenvalue weighted by atomic mass is 16.4. The SMILES string of the molecule is CC(C)CN(CCC(N)=NO)C(=O)NC1CC1. The number of rotatable bonds is 6. The van der Waals surface area contributed by atoms with Crippen LogP contribution in [-0.4, -0.2) is 41.1 Å². The van der Waals surface area contributed by atoms with Crippen molar-refractivity contribution in [3.8, 4) is 0 Å². The van der Waals surface area contributed by atoms with Crippen molar-refractivity contribution in [2.45, 2.75) is 39.2 Å². The first-order chi connectivity index (χ1) is 8.02. The summed E-state index contributed by atoms with van der Waals surface area (Å²) >= 11 is 0. The topological polar surface area (TPSA) is 90.9 Å². The van der Waals surface area contributed by atoms with E-state index in [1.54, 1.807) is 4.90 Å². The van der Waals surface area contributed by atoms with Crippen LogP contribution < -0.4 is 11.1 Å². The van der Waals surface area contributed by atoms with Crippen molar-refractivity contribution in [2.75, 3.05) is 13.1 Å². The van der Waals surface area contributed by atoms with Gasteiger partial charge in [-0.3, -0.25) is 0 Å². The summed E-state index contributed by atoms with van der Waals surface area (Å²) in [6.07, 6.45) is 2.53. The first-order valence-electron chi connectivity index (χ1n) is 6.04. The molecule has 0 aromatic carbocycles. The zero-order valence-corrected chi connectivity index (χ0v) is 10.5. The number of nitrogens with one attached hydrogen (secondary N) is 1. The monoisotopic (exact) mass is 242 g/mol. The van der Waals surface area contributed by atoms with Gasteiger partial charge in [0.05, 0.1) is 0 Å². The van der Waals surface area contributed by atoms with Crippen LogP contribution in [0.25, 0.3) is 0 Å². The number of carbonyl (C=O) groups is 1. The number of oxime groups is 1. The number of hydrogen-bond donors (Lipinski definition) is 3. The van der Waals surface area contributed by atoms with Crippen molar-refractivity contribution >= 4 is 11.9 Å². The molecule has 1 rings (SSSR count). The maximum Gasteiger partial charge on any atom is 0.317 e. The molecule has 2 amide bonds. The fourth-order valence-electron chi connectivity index (χ4n) is 1.51. The molecule has 0 heterocycles. The molecule has 0 radical (unpaired) electrons. The molecule has 0 aliphatic heterocycles. The minimum absolute atomic E-state index is 0.0491. The highest BCUT2D eigenvalue weighted by molar-refractivity contribution is 5.81. The predicted molar refractivity (Wildman–Crippen MR) is 66.0 cm³/mol. The molecule has 1 aliphatic rings. The second-order valence-corrected chi connectivity index (χ2v) is 4.90. The Morgan fingerprint density at radius 2 is 2.24 bits per heavy atom. The normalized spacial score (nSPS) is 16.1. The minimum Gasteiger partial charge on any atom is -0.409 e. The number of nitrogens with zero attached hydrogens (tertiary/aromatic N) is 2. The van der Waals surface area contributed by atoms with E-state index in [1.807, 2.05) is 0 Å². The van der Waals surface area contributed by atoms with Gasteiger partial charge in [0, 0.05) is 25.6 Å². The lowest BCUT2D eigenvalue weighted by molar-refractivity contribution is 0.191. The van der Waals surface area contributed by atoms with Crippen LogP contribution >= 0.6 is 0 Å². The molecule has 1 aliphatic carbocycles. The van der Waals surface area contributed by atoms with E-state index in [4.69, 9.17) is 10.9 Å². The van der Waals surface area contributed by atoms with Gasteiger partial charge in [0.1, 0.15) is 5.84 Å². The van der Waals surface area contributed by atoms with E-state index in [1.165, 1.54) is 0 Å². The summed E-state index contributed by atoms with van der Waals surface area (Å²) in [5.41, 5.74) is 5.41. The number of urea groups is 1. The van der Waals surface area contributed by atoms with Gasteiger partial charge in [0.2, 0.25) is 0 Å². The largest absolute Gasteiger partial charge is 0.409 e. The second-order valence-electron chi connectivity index (χ2n) is 4.90. The molecule has 0 spiro atoms. The van der Waals surface area contributed by atoms with Crippen LogP contribution in [0.1, 0.15) is 33.1 Å². The number of amides is 2. The first kappa shape index (κ1) is 13.6. The molecule has 0 aromatic heterocycles. The summed E-state index contributed by atoms with van der Waals surface area (Å²) in [6, 6.07) is 0.299. The Morgan fingerprint density at radius 3 is 2.71 bits per heavy atom. The van der Waals surface area contributed by atoms with Crippen LogP contribution in [0.2, 0.25) is 0 Å². The average Bonchev–Trinajstić information content (AvgIpc) is 3.06. The Balaban J connectivity index is 2.43. The summed E-state index contributed by atoms with van der Waals surface area (Å²) in [5.74, 6) is 0.547. The molecule has 4 N–H and O–H groups in total. The van der Waals surface area contributed by atoms with E-state index >= 15 is 0 Å². The molecule has 17 heavy (non-hydrogen) atoms. The lowest BCUT2D eigenvalue weighted by Gasteiger charge is -2.24. The van der Waals surface area contributed by atoms with Gasteiger partial charge in [-0.15, -0.1) is 0 Å². The van der Waals surface area contributed by atoms with Gasteiger partial charge in [-0.25, -0.2) is 4.79 Å². The van der Waals surface area contributed by atoms with Crippen molar-refractivity contribution in [1.29, 1.82) is 0 Å². The molecule has 0 unspecified atom stereocenters. The predicted octanol–water partition coefficient (Wildman–Crippen LogP) is 0.953. The third kappa shape index (κ3) is 5.42. The summed E-state index contributed by atoms with van der Waals surface area (Å²) < 4.78 is 0. The molecule has 98 valence electrons. The Kier molecular flexibility index (Phi) is 5.06. The smallest absolute Gasteiger partial charge is 0.317 e. The first-order valence-corrected chi connectivity index (χ1v) is 6.04. The van der Waals surface area contributed by atoms with Gasteiger partial charge in [-0.1, -0.05) is 19.0 Å². The molecule has 6 heteroatoms. The van der Waals surface area contributed by atoms with Crippen LogP contribution in [0.3, 0.4) is 0 Å². The molecule has 1 fully saturated rings. The summed E-state index contributed by atoms with van der Waals surface area (Å²) in [7, 11) is 0. The second kappa shape index (κ2) is 6.32. The zero-order chi connectivity index (χ0) is 12.8. The maximum absolute atomic E-state index is 11.9. The number of hydrogen-bond acceptors (Lipinski definition) is 3. The Hall–Kier alpha value is -1.46. The fraction of sp³-hybridized carbons (Fsp3) is 0.818. The van der Waals surface area contributed by atoms with Gasteiger partial charge in [0.15, 0.2) is 0 Å². The quantitative estimate of drug-likeness (QED) is 0.280. The summed E-state index contributed by atoms with van der Waals surface area (Å²) in [5, 5.41) is 14.3. The summed E-state index contributed by atoms with van der Waals surface area (Å²) in [6.45, 7) is 5.27. The van der Waals surface area contributed by atoms with E-state index in [0.717, 1.165) is 12.8 Å². The van der Waals surface area contributed by atoms with Gasteiger partial charge in [0.25, 0.3) is 0 Å². The highest BCUT2D eigenvalue weighted by Crippen LogP contribution is 2.19. The zero-order valence-electron chi connectivity index (χ0n) is 10.5. The van der Waals surface area contributed by atoms with E-state index in [0.29, 0.717) is 31.5 Å². The van der Waals surface area contributed by atoms with Crippen LogP contribution in [0.5, 0.6) is 0 Å². The minimum atomic E-state index is -0.0491. The van der Waals surface area contributed by atoms with Crippen LogP contribution in [0.15, 0.2) is 5.16 Å². The van der Waals surface area contributed by atoms with Crippen molar-refractivity contribution in [3.05, 3.63) is 0 Å². The van der Waals surface area contributed by atoms with Crippen LogP contribution in [0.4, 0.5) is 4.79 Å². The Labute approximate surface area is 102 Å². The Bertz CT molecular complexity index is 287. The molecule has 0 aromatic rings. The lowest BCUT2D eigenvalue weighted by Crippen LogP contribution is -2.44. The standard InChI is InChI=1S/C11H22N4O2/c1-8(2)7-15(6-5-10(12)14-17)11(16)13-9-3-4-9/h8-9,17H,3-7H2,1-2H3,(H2,12,14)(H,13,16). The maximum atomic E-state index is 11.9. The van der Waals surface area contributed by atoms with E-state index in [9.17, 15) is 4.79 Å². The van der Waals surface area contributed by atoms with Crippen molar-refractivity contribution in [1.82, 2.24) is 10.2 Å². The van der Waals surface area contributed by atoms with Gasteiger partial charge in [-0.05, 0) is 18.8 Å². The molecular formula is C11H22N4O2.